The van der Waals surface area contributed by atoms with Crippen LogP contribution in [0.4, 0.5) is 0 Å². The van der Waals surface area contributed by atoms with Gasteiger partial charge in [0.1, 0.15) is 38.1 Å². The molecule has 18 heterocycles. The standard InChI is InChI=1S/C38H24N2O4S2.C38H28N2OS.C38H26N2S3Se/c1-17-5-9-21(10-6-17)39-25-13-19(3)45-37(25)31-30(39)33-29(40(31)22-11-7-18(2)8-12-22)23-15-27-24(16-26(23)41-33)32-34(42-27)35-36(44-32)38-28(43-35)14-20(4)46-38;1-21-5-11-25(12-6-21)39-31-17-23(3)9-15-27(31)35-36(39)29-20-34-30(19-32(29)40(35)26-13-7-22(2)8-14-26)37-38(42-34)28-16-10-24(4)18-33(28)41-37;1-19-5-11-23(12-6-19)39-27-17-21(3)9-15-25(27)29-30(39)32-31(40(29)24-13-7-20(2)8-14-24)33-34(42-32)38-36(43-33)35-37(44-38)26-16-10-22(4)18-28(26)41-35/h5-16H,1-4H3;5-20H,1-4H3;5-18H,1-4H3. The molecular formula is C114H78N6O5S6Se. The predicted octanol–water partition coefficient (Wildman–Crippen LogP) is 35.1. The van der Waals surface area contributed by atoms with Gasteiger partial charge >= 0.3 is 273 Å². The Morgan fingerprint density at radius 1 is 0.189 bits per heavy atom. The minimum atomic E-state index is 0.313. The monoisotopic (exact) mass is 1880 g/mol. The van der Waals surface area contributed by atoms with E-state index in [0.29, 0.717) is 31.3 Å². The molecule has 0 amide bonds. The summed E-state index contributed by atoms with van der Waals surface area (Å²) in [6.45, 7) is 25.8. The van der Waals surface area contributed by atoms with Crippen molar-refractivity contribution in [3.63, 3.8) is 0 Å². The zero-order chi connectivity index (χ0) is 88.3. The number of nitrogens with zero attached hydrogens (tertiary/aromatic N) is 6. The van der Waals surface area contributed by atoms with Crippen LogP contribution in [0.15, 0.2) is 277 Å². The van der Waals surface area contributed by atoms with Gasteiger partial charge in [-0.25, -0.2) is 0 Å². The molecule has 0 atom stereocenters. The fraction of sp³-hybridized carbons (Fsp3) is 0.105. The van der Waals surface area contributed by atoms with Crippen LogP contribution < -0.4 is 0 Å². The number of hydrogen-bond acceptors (Lipinski definition) is 11. The molecular weight excluding hydrogens is 1800 g/mol. The van der Waals surface area contributed by atoms with Crippen LogP contribution in [0, 0.1) is 83.1 Å². The van der Waals surface area contributed by atoms with Crippen LogP contribution in [0.3, 0.4) is 0 Å². The smallest absolute Gasteiger partial charge is 0.218 e. The molecule has 12 aromatic carbocycles. The van der Waals surface area contributed by atoms with E-state index < -0.39 is 0 Å². The van der Waals surface area contributed by atoms with Crippen LogP contribution in [0.1, 0.15) is 65.4 Å². The van der Waals surface area contributed by atoms with Crippen molar-refractivity contribution in [2.75, 3.05) is 0 Å². The molecule has 0 bridgehead atoms. The molecule has 18 heteroatoms. The minimum absolute atomic E-state index is 0.313. The SMILES string of the molecule is Cc1ccc(-n2c3cc(C)ccc3c3c2c2cc4sc5c6ccc(C)cc6oc5c4cc2n3-c2ccc(C)cc2)cc1.Cc1ccc(-n2c3cc(C)ccc3c3c2c2sc4c(sc5c6sc7cc(C)ccc7c6[se]c54)c2n3-c2ccc(C)cc2)cc1.Cc1ccc(-n2c3cc(C)sc3c3c2c2oc4cc5c(cc4c2n3-c2ccc(C)cc2)oc2c5oc3c2oc2cc(C)sc23)cc1. The van der Waals surface area contributed by atoms with Gasteiger partial charge in [0.2, 0.25) is 11.2 Å². The molecule has 30 rings (SSSR count). The number of aryl methyl sites for hydroxylation is 12. The summed E-state index contributed by atoms with van der Waals surface area (Å²) in [7, 11) is 0. The molecule has 0 aliphatic heterocycles. The maximum absolute atomic E-state index is 6.92. The molecule has 0 saturated heterocycles. The Morgan fingerprint density at radius 2 is 0.591 bits per heavy atom. The zero-order valence-electron chi connectivity index (χ0n) is 73.8. The average Bonchev–Trinajstić information content (AvgIpc) is 1.51. The Balaban J connectivity index is 0.0000000992. The molecule has 0 unspecified atom stereocenters. The van der Waals surface area contributed by atoms with Gasteiger partial charge in [-0.05, 0) is 170 Å². The van der Waals surface area contributed by atoms with Crippen molar-refractivity contribution in [2.45, 2.75) is 83.1 Å². The van der Waals surface area contributed by atoms with Gasteiger partial charge in [0.15, 0.2) is 22.3 Å². The van der Waals surface area contributed by atoms with Crippen LogP contribution in [-0.2, 0) is 0 Å². The van der Waals surface area contributed by atoms with E-state index in [2.05, 4.69) is 359 Å². The number of aromatic nitrogens is 6. The number of hydrogen-bond donors (Lipinski definition) is 0. The van der Waals surface area contributed by atoms with E-state index in [-0.39, 0.29) is 0 Å². The number of furan rings is 5. The molecule has 636 valence electrons. The van der Waals surface area contributed by atoms with E-state index in [1.807, 2.05) is 62.8 Å². The first-order chi connectivity index (χ1) is 64.3. The van der Waals surface area contributed by atoms with Crippen molar-refractivity contribution < 1.29 is 22.1 Å². The summed E-state index contributed by atoms with van der Waals surface area (Å²) in [5.41, 5.74) is 42.1. The van der Waals surface area contributed by atoms with Crippen molar-refractivity contribution >= 4 is 303 Å². The third kappa shape index (κ3) is 11.1. The molecule has 0 radical (unpaired) electrons. The largest absolute Gasteiger partial charge is 0.452 e. The molecule has 0 fully saturated rings. The summed E-state index contributed by atoms with van der Waals surface area (Å²) in [6, 6.07) is 94.1. The normalized spacial score (nSPS) is 12.5. The molecule has 0 saturated carbocycles. The van der Waals surface area contributed by atoms with Gasteiger partial charge in [-0.15, -0.1) is 34.0 Å². The van der Waals surface area contributed by atoms with Crippen molar-refractivity contribution in [3.05, 3.63) is 320 Å². The van der Waals surface area contributed by atoms with Crippen LogP contribution in [-0.4, -0.2) is 41.9 Å². The maximum Gasteiger partial charge on any atom is 0.218 e. The van der Waals surface area contributed by atoms with Crippen LogP contribution in [0.25, 0.3) is 255 Å². The number of benzene rings is 12. The Morgan fingerprint density at radius 3 is 1.20 bits per heavy atom. The van der Waals surface area contributed by atoms with Gasteiger partial charge < -0.3 is 40.4 Å². The predicted molar refractivity (Wildman–Crippen MR) is 565 cm³/mol. The topological polar surface area (TPSA) is 95.3 Å². The average molecular weight is 1880 g/mol. The molecule has 132 heavy (non-hydrogen) atoms. The van der Waals surface area contributed by atoms with Gasteiger partial charge in [-0.2, -0.15) is 0 Å². The molecule has 0 N–H and O–H groups in total. The van der Waals surface area contributed by atoms with Crippen LogP contribution in [0.2, 0.25) is 0 Å². The summed E-state index contributed by atoms with van der Waals surface area (Å²) >= 11 is 11.7. The Bertz CT molecular complexity index is 10200. The van der Waals surface area contributed by atoms with Gasteiger partial charge in [-0.1, -0.05) is 89.0 Å². The molecule has 0 aliphatic carbocycles. The fourth-order valence-electron chi connectivity index (χ4n) is 20.8. The van der Waals surface area contributed by atoms with E-state index >= 15 is 0 Å². The third-order valence-electron chi connectivity index (χ3n) is 27.0. The summed E-state index contributed by atoms with van der Waals surface area (Å²) in [5, 5.41) is 9.49. The Kier molecular flexibility index (Phi) is 16.4. The Labute approximate surface area is 783 Å². The maximum atomic E-state index is 6.92. The van der Waals surface area contributed by atoms with Gasteiger partial charge in [0.05, 0.1) is 47.9 Å². The van der Waals surface area contributed by atoms with Crippen LogP contribution in [0.5, 0.6) is 0 Å². The molecule has 0 aliphatic rings. The third-order valence-corrected chi connectivity index (χ3v) is 37.6. The second-order valence-corrected chi connectivity index (χ2v) is 45.1. The van der Waals surface area contributed by atoms with E-state index in [4.69, 9.17) is 22.1 Å². The number of thiophene rings is 6. The summed E-state index contributed by atoms with van der Waals surface area (Å²) in [6.07, 6.45) is 0. The molecule has 18 aromatic heterocycles. The fourth-order valence-corrected chi connectivity index (χ4v) is 32.2. The Hall–Kier alpha value is -13.6. The van der Waals surface area contributed by atoms with E-state index in [9.17, 15) is 0 Å². The summed E-state index contributed by atoms with van der Waals surface area (Å²) in [4.78, 5) is 2.45. The molecule has 0 spiro atoms. The molecule has 11 nitrogen and oxygen atoms in total. The first-order valence-corrected chi connectivity index (χ1v) is 51.1. The van der Waals surface area contributed by atoms with E-state index in [0.717, 1.165) is 88.2 Å². The molecule has 30 aromatic rings. The summed E-state index contributed by atoms with van der Waals surface area (Å²) in [5.74, 6) is 0. The van der Waals surface area contributed by atoms with Crippen LogP contribution >= 0.6 is 68.0 Å². The zero-order valence-corrected chi connectivity index (χ0v) is 80.4. The van der Waals surface area contributed by atoms with Crippen molar-refractivity contribution in [1.82, 2.24) is 27.4 Å². The quantitative estimate of drug-likeness (QED) is 0.155. The van der Waals surface area contributed by atoms with Crippen molar-refractivity contribution in [2.24, 2.45) is 0 Å². The van der Waals surface area contributed by atoms with Gasteiger partial charge in [0, 0.05) is 64.1 Å². The summed E-state index contributed by atoms with van der Waals surface area (Å²) < 4.78 is 64.1. The number of fused-ring (bicyclic) bond motifs is 37. The first kappa shape index (κ1) is 77.2. The second-order valence-electron chi connectivity index (χ2n) is 36.3. The van der Waals surface area contributed by atoms with E-state index in [1.54, 1.807) is 19.9 Å². The first-order valence-electron chi connectivity index (χ1n) is 44.5. The van der Waals surface area contributed by atoms with Crippen molar-refractivity contribution in [1.29, 1.82) is 0 Å². The van der Waals surface area contributed by atoms with Gasteiger partial charge in [-0.3, -0.25) is 0 Å². The number of rotatable bonds is 6. The second kappa shape index (κ2) is 28.0. The van der Waals surface area contributed by atoms with Gasteiger partial charge in [0.25, 0.3) is 0 Å². The van der Waals surface area contributed by atoms with E-state index in [1.165, 1.54) is 207 Å². The van der Waals surface area contributed by atoms with Crippen molar-refractivity contribution in [3.8, 4) is 34.1 Å². The minimum Gasteiger partial charge on any atom is -0.452 e.